The van der Waals surface area contributed by atoms with Crippen LogP contribution in [0.25, 0.3) is 0 Å². The lowest BCUT2D eigenvalue weighted by atomic mass is 10.1. The van der Waals surface area contributed by atoms with E-state index in [1.54, 1.807) is 0 Å². The van der Waals surface area contributed by atoms with E-state index >= 15 is 0 Å². The van der Waals surface area contributed by atoms with Crippen LogP contribution in [0.1, 0.15) is 36.6 Å². The molecular weight excluding hydrogens is 236 g/mol. The van der Waals surface area contributed by atoms with Crippen molar-refractivity contribution in [2.45, 2.75) is 40.2 Å². The molecule has 102 valence electrons. The molecule has 4 heteroatoms. The number of benzene rings is 1. The summed E-state index contributed by atoms with van der Waals surface area (Å²) < 4.78 is 2.07. The molecule has 0 amide bonds. The molecule has 0 radical (unpaired) electrons. The highest BCUT2D eigenvalue weighted by atomic mass is 15.3. The molecule has 2 rings (SSSR count). The van der Waals surface area contributed by atoms with Gasteiger partial charge >= 0.3 is 0 Å². The second-order valence-corrected chi connectivity index (χ2v) is 4.76. The maximum absolute atomic E-state index is 4.24. The van der Waals surface area contributed by atoms with Gasteiger partial charge in [-0.3, -0.25) is 0 Å². The van der Waals surface area contributed by atoms with Gasteiger partial charge in [0.05, 0.1) is 6.54 Å². The Hall–Kier alpha value is -1.84. The largest absolute Gasteiger partial charge is 0.377 e. The Morgan fingerprint density at radius 3 is 2.47 bits per heavy atom. The normalized spacial score (nSPS) is 10.7. The third kappa shape index (κ3) is 2.78. The number of aromatic nitrogens is 3. The zero-order valence-electron chi connectivity index (χ0n) is 12.2. The summed E-state index contributed by atoms with van der Waals surface area (Å²) in [5.41, 5.74) is 3.85. The van der Waals surface area contributed by atoms with Crippen LogP contribution in [0.3, 0.4) is 0 Å². The zero-order valence-corrected chi connectivity index (χ0v) is 12.2. The first-order chi connectivity index (χ1) is 9.17. The Kier molecular flexibility index (Phi) is 4.20. The molecule has 1 aromatic carbocycles. The summed E-state index contributed by atoms with van der Waals surface area (Å²) in [6.45, 7) is 7.12. The Morgan fingerprint density at radius 2 is 1.84 bits per heavy atom. The summed E-state index contributed by atoms with van der Waals surface area (Å²) in [5, 5.41) is 11.9. The van der Waals surface area contributed by atoms with Crippen molar-refractivity contribution in [2.75, 3.05) is 5.32 Å². The van der Waals surface area contributed by atoms with Gasteiger partial charge in [0.25, 0.3) is 0 Å². The molecule has 0 saturated heterocycles. The molecule has 1 N–H and O–H groups in total. The lowest BCUT2D eigenvalue weighted by Crippen LogP contribution is -2.09. The third-order valence-electron chi connectivity index (χ3n) is 3.53. The SMILES string of the molecule is CCc1cccc(C)c1NCc1nnc(CC)n1C. The van der Waals surface area contributed by atoms with E-state index in [0.717, 1.165) is 24.5 Å². The number of aryl methyl sites for hydroxylation is 3. The number of para-hydroxylation sites is 1. The smallest absolute Gasteiger partial charge is 0.152 e. The van der Waals surface area contributed by atoms with Crippen LogP contribution in [0.2, 0.25) is 0 Å². The number of nitrogens with one attached hydrogen (secondary N) is 1. The summed E-state index contributed by atoms with van der Waals surface area (Å²) in [6, 6.07) is 6.41. The van der Waals surface area contributed by atoms with Crippen molar-refractivity contribution in [3.8, 4) is 0 Å². The van der Waals surface area contributed by atoms with Crippen molar-refractivity contribution in [1.29, 1.82) is 0 Å². The van der Waals surface area contributed by atoms with Gasteiger partial charge < -0.3 is 9.88 Å². The number of anilines is 1. The minimum Gasteiger partial charge on any atom is -0.377 e. The van der Waals surface area contributed by atoms with Crippen LogP contribution in [-0.4, -0.2) is 14.8 Å². The highest BCUT2D eigenvalue weighted by Gasteiger charge is 2.08. The highest BCUT2D eigenvalue weighted by Crippen LogP contribution is 2.21. The first-order valence-corrected chi connectivity index (χ1v) is 6.86. The van der Waals surface area contributed by atoms with Gasteiger partial charge in [0.1, 0.15) is 5.82 Å². The van der Waals surface area contributed by atoms with Gasteiger partial charge in [0.15, 0.2) is 5.82 Å². The lowest BCUT2D eigenvalue weighted by Gasteiger charge is -2.13. The summed E-state index contributed by atoms with van der Waals surface area (Å²) >= 11 is 0. The van der Waals surface area contributed by atoms with Crippen LogP contribution >= 0.6 is 0 Å². The van der Waals surface area contributed by atoms with E-state index in [-0.39, 0.29) is 0 Å². The maximum Gasteiger partial charge on any atom is 0.152 e. The fourth-order valence-electron chi connectivity index (χ4n) is 2.30. The second kappa shape index (κ2) is 5.87. The van der Waals surface area contributed by atoms with Gasteiger partial charge in [0.2, 0.25) is 0 Å². The van der Waals surface area contributed by atoms with Crippen LogP contribution in [0.4, 0.5) is 5.69 Å². The van der Waals surface area contributed by atoms with E-state index in [1.165, 1.54) is 16.8 Å². The molecule has 2 aromatic rings. The molecule has 0 unspecified atom stereocenters. The predicted octanol–water partition coefficient (Wildman–Crippen LogP) is 2.86. The number of hydrogen-bond acceptors (Lipinski definition) is 3. The topological polar surface area (TPSA) is 42.7 Å². The number of nitrogens with zero attached hydrogens (tertiary/aromatic N) is 3. The first kappa shape index (κ1) is 13.6. The molecule has 0 saturated carbocycles. The third-order valence-corrected chi connectivity index (χ3v) is 3.53. The van der Waals surface area contributed by atoms with E-state index in [9.17, 15) is 0 Å². The van der Waals surface area contributed by atoms with Crippen LogP contribution in [0.15, 0.2) is 18.2 Å². The molecule has 4 nitrogen and oxygen atoms in total. The van der Waals surface area contributed by atoms with Crippen molar-refractivity contribution in [3.05, 3.63) is 41.0 Å². The standard InChI is InChI=1S/C15H22N4/c1-5-12-9-7-8-11(3)15(12)16-10-14-18-17-13(6-2)19(14)4/h7-9,16H,5-6,10H2,1-4H3. The molecule has 0 aliphatic heterocycles. The van der Waals surface area contributed by atoms with Crippen LogP contribution in [0.5, 0.6) is 0 Å². The molecule has 1 aromatic heterocycles. The van der Waals surface area contributed by atoms with Crippen LogP contribution in [0, 0.1) is 6.92 Å². The van der Waals surface area contributed by atoms with Crippen LogP contribution in [-0.2, 0) is 26.4 Å². The molecule has 1 heterocycles. The van der Waals surface area contributed by atoms with E-state index < -0.39 is 0 Å². The highest BCUT2D eigenvalue weighted by molar-refractivity contribution is 5.57. The van der Waals surface area contributed by atoms with Gasteiger partial charge in [-0.1, -0.05) is 32.0 Å². The molecular formula is C15H22N4. The monoisotopic (exact) mass is 258 g/mol. The second-order valence-electron chi connectivity index (χ2n) is 4.76. The molecule has 0 aliphatic rings. The quantitative estimate of drug-likeness (QED) is 0.896. The zero-order chi connectivity index (χ0) is 13.8. The molecule has 0 spiro atoms. The Morgan fingerprint density at radius 1 is 1.11 bits per heavy atom. The van der Waals surface area contributed by atoms with Gasteiger partial charge in [-0.2, -0.15) is 0 Å². The van der Waals surface area contributed by atoms with Gasteiger partial charge in [0, 0.05) is 19.2 Å². The van der Waals surface area contributed by atoms with E-state index in [0.29, 0.717) is 6.54 Å². The average Bonchev–Trinajstić information content (AvgIpc) is 2.77. The van der Waals surface area contributed by atoms with E-state index in [1.807, 2.05) is 7.05 Å². The minimum atomic E-state index is 0.710. The molecule has 0 aliphatic carbocycles. The van der Waals surface area contributed by atoms with Crippen molar-refractivity contribution < 1.29 is 0 Å². The van der Waals surface area contributed by atoms with Gasteiger partial charge in [-0.25, -0.2) is 0 Å². The van der Waals surface area contributed by atoms with Crippen molar-refractivity contribution >= 4 is 5.69 Å². The summed E-state index contributed by atoms with van der Waals surface area (Å²) in [7, 11) is 2.02. The molecule has 19 heavy (non-hydrogen) atoms. The molecule has 0 bridgehead atoms. The Balaban J connectivity index is 2.16. The summed E-state index contributed by atoms with van der Waals surface area (Å²) in [5.74, 6) is 2.00. The lowest BCUT2D eigenvalue weighted by molar-refractivity contribution is 0.762. The Labute approximate surface area is 114 Å². The van der Waals surface area contributed by atoms with Crippen LogP contribution < -0.4 is 5.32 Å². The maximum atomic E-state index is 4.24. The Bertz CT molecular complexity index is 557. The predicted molar refractivity (Wildman–Crippen MR) is 78.3 cm³/mol. The fraction of sp³-hybridized carbons (Fsp3) is 0.467. The number of rotatable bonds is 5. The van der Waals surface area contributed by atoms with Gasteiger partial charge in [-0.05, 0) is 24.5 Å². The average molecular weight is 258 g/mol. The number of hydrogen-bond donors (Lipinski definition) is 1. The van der Waals surface area contributed by atoms with Gasteiger partial charge in [-0.15, -0.1) is 10.2 Å². The fourth-order valence-corrected chi connectivity index (χ4v) is 2.30. The molecule has 0 atom stereocenters. The van der Waals surface area contributed by atoms with Crippen molar-refractivity contribution in [1.82, 2.24) is 14.8 Å². The minimum absolute atomic E-state index is 0.710. The molecule has 0 fully saturated rings. The summed E-state index contributed by atoms with van der Waals surface area (Å²) in [6.07, 6.45) is 1.94. The first-order valence-electron chi connectivity index (χ1n) is 6.86. The van der Waals surface area contributed by atoms with Crippen molar-refractivity contribution in [2.24, 2.45) is 7.05 Å². The van der Waals surface area contributed by atoms with E-state index in [4.69, 9.17) is 0 Å². The van der Waals surface area contributed by atoms with Crippen molar-refractivity contribution in [3.63, 3.8) is 0 Å². The van der Waals surface area contributed by atoms with E-state index in [2.05, 4.69) is 59.1 Å². The summed E-state index contributed by atoms with van der Waals surface area (Å²) in [4.78, 5) is 0.